The molecule has 13 heavy (non-hydrogen) atoms. The van der Waals surface area contributed by atoms with Crippen molar-refractivity contribution in [2.24, 2.45) is 0 Å². The number of aromatic nitrogens is 3. The van der Waals surface area contributed by atoms with E-state index in [-0.39, 0.29) is 10.8 Å². The number of rotatable bonds is 1. The predicted molar refractivity (Wildman–Crippen MR) is 51.0 cm³/mol. The molecule has 0 unspecified atom stereocenters. The first-order chi connectivity index (χ1) is 6.22. The van der Waals surface area contributed by atoms with Crippen molar-refractivity contribution in [3.05, 3.63) is 27.9 Å². The third kappa shape index (κ3) is 1.23. The Balaban J connectivity index is 2.90. The van der Waals surface area contributed by atoms with Crippen molar-refractivity contribution in [3.8, 4) is 0 Å². The molecule has 2 aromatic rings. The Hall–Kier alpha value is -1.29. The number of hydrogen-bond donors (Lipinski definition) is 1. The van der Waals surface area contributed by atoms with E-state index in [1.807, 2.05) is 17.7 Å². The van der Waals surface area contributed by atoms with Crippen LogP contribution < -0.4 is 5.56 Å². The van der Waals surface area contributed by atoms with Crippen LogP contribution in [0.2, 0.25) is 5.28 Å². The average molecular weight is 198 g/mol. The van der Waals surface area contributed by atoms with Crippen LogP contribution >= 0.6 is 11.6 Å². The second-order valence-corrected chi connectivity index (χ2v) is 3.05. The van der Waals surface area contributed by atoms with E-state index < -0.39 is 0 Å². The van der Waals surface area contributed by atoms with Gasteiger partial charge in [-0.05, 0) is 24.6 Å². The van der Waals surface area contributed by atoms with Gasteiger partial charge in [-0.2, -0.15) is 0 Å². The third-order valence-corrected chi connectivity index (χ3v) is 2.11. The molecule has 0 atom stereocenters. The fourth-order valence-electron chi connectivity index (χ4n) is 1.35. The molecule has 0 aliphatic rings. The van der Waals surface area contributed by atoms with Gasteiger partial charge in [-0.3, -0.25) is 9.78 Å². The Labute approximate surface area is 79.2 Å². The van der Waals surface area contributed by atoms with E-state index >= 15 is 0 Å². The smallest absolute Gasteiger partial charge is 0.276 e. The molecule has 5 heteroatoms. The first-order valence-electron chi connectivity index (χ1n) is 3.97. The van der Waals surface area contributed by atoms with E-state index in [1.54, 1.807) is 6.07 Å². The lowest BCUT2D eigenvalue weighted by Crippen LogP contribution is -2.11. The maximum absolute atomic E-state index is 11.4. The number of hydrogen-bond acceptors (Lipinski definition) is 2. The SMILES string of the molecule is CCn1ccc2nc(Cl)[nH]c(=O)c21. The van der Waals surface area contributed by atoms with E-state index in [1.165, 1.54) is 0 Å². The van der Waals surface area contributed by atoms with Crippen molar-refractivity contribution >= 4 is 22.6 Å². The highest BCUT2D eigenvalue weighted by atomic mass is 35.5. The number of nitrogens with one attached hydrogen (secondary N) is 1. The van der Waals surface area contributed by atoms with Crippen LogP contribution in [0.3, 0.4) is 0 Å². The number of aromatic amines is 1. The Morgan fingerprint density at radius 1 is 1.69 bits per heavy atom. The zero-order valence-electron chi connectivity index (χ0n) is 7.04. The minimum atomic E-state index is -0.193. The lowest BCUT2D eigenvalue weighted by Gasteiger charge is -1.98. The van der Waals surface area contributed by atoms with Crippen LogP contribution in [0.4, 0.5) is 0 Å². The summed E-state index contributed by atoms with van der Waals surface area (Å²) < 4.78 is 1.83. The summed E-state index contributed by atoms with van der Waals surface area (Å²) in [5.41, 5.74) is 1.02. The molecule has 2 rings (SSSR count). The Kier molecular flexibility index (Phi) is 1.84. The summed E-state index contributed by atoms with van der Waals surface area (Å²) in [6, 6.07) is 1.78. The van der Waals surface area contributed by atoms with Gasteiger partial charge in [0.05, 0.1) is 5.52 Å². The number of fused-ring (bicyclic) bond motifs is 1. The zero-order valence-corrected chi connectivity index (χ0v) is 7.80. The second-order valence-electron chi connectivity index (χ2n) is 2.69. The molecule has 2 aromatic heterocycles. The van der Waals surface area contributed by atoms with E-state index in [9.17, 15) is 4.79 Å². The topological polar surface area (TPSA) is 50.7 Å². The van der Waals surface area contributed by atoms with Gasteiger partial charge < -0.3 is 4.57 Å². The third-order valence-electron chi connectivity index (χ3n) is 1.93. The molecule has 0 aromatic carbocycles. The molecule has 0 aliphatic carbocycles. The normalized spacial score (nSPS) is 10.9. The van der Waals surface area contributed by atoms with Gasteiger partial charge in [-0.25, -0.2) is 4.98 Å². The molecular weight excluding hydrogens is 190 g/mol. The maximum Gasteiger partial charge on any atom is 0.276 e. The minimum Gasteiger partial charge on any atom is -0.342 e. The molecular formula is C8H8ClN3O. The van der Waals surface area contributed by atoms with E-state index in [2.05, 4.69) is 9.97 Å². The van der Waals surface area contributed by atoms with Crippen molar-refractivity contribution in [2.75, 3.05) is 0 Å². The molecule has 0 saturated carbocycles. The highest BCUT2D eigenvalue weighted by Gasteiger charge is 2.06. The van der Waals surface area contributed by atoms with Crippen LogP contribution in [-0.4, -0.2) is 14.5 Å². The summed E-state index contributed by atoms with van der Waals surface area (Å²) in [5, 5.41) is 0.131. The highest BCUT2D eigenvalue weighted by Crippen LogP contribution is 2.10. The molecule has 0 radical (unpaired) electrons. The molecule has 0 fully saturated rings. The zero-order chi connectivity index (χ0) is 9.42. The molecule has 0 bridgehead atoms. The van der Waals surface area contributed by atoms with Gasteiger partial charge in [0.2, 0.25) is 5.28 Å². The summed E-state index contributed by atoms with van der Waals surface area (Å²) in [5.74, 6) is 0. The van der Waals surface area contributed by atoms with Gasteiger partial charge in [0.1, 0.15) is 5.52 Å². The lowest BCUT2D eigenvalue weighted by atomic mass is 10.4. The second kappa shape index (κ2) is 2.88. The summed E-state index contributed by atoms with van der Waals surface area (Å²) in [4.78, 5) is 17.9. The quantitative estimate of drug-likeness (QED) is 0.703. The van der Waals surface area contributed by atoms with Gasteiger partial charge >= 0.3 is 0 Å². The molecule has 4 nitrogen and oxygen atoms in total. The average Bonchev–Trinajstić information content (AvgIpc) is 2.47. The van der Waals surface area contributed by atoms with Gasteiger partial charge in [-0.15, -0.1) is 0 Å². The van der Waals surface area contributed by atoms with E-state index in [4.69, 9.17) is 11.6 Å². The van der Waals surface area contributed by atoms with Gasteiger partial charge in [0.25, 0.3) is 5.56 Å². The first kappa shape index (κ1) is 8.31. The summed E-state index contributed by atoms with van der Waals surface area (Å²) >= 11 is 5.60. The minimum absolute atomic E-state index is 0.131. The van der Waals surface area contributed by atoms with Crippen LogP contribution in [0.15, 0.2) is 17.1 Å². The molecule has 2 heterocycles. The van der Waals surface area contributed by atoms with Crippen molar-refractivity contribution < 1.29 is 0 Å². The fourth-order valence-corrected chi connectivity index (χ4v) is 1.53. The van der Waals surface area contributed by atoms with Crippen LogP contribution in [0, 0.1) is 0 Å². The van der Waals surface area contributed by atoms with Gasteiger partial charge in [0, 0.05) is 12.7 Å². The number of halogens is 1. The van der Waals surface area contributed by atoms with Crippen LogP contribution in [0.25, 0.3) is 11.0 Å². The predicted octanol–water partition coefficient (Wildman–Crippen LogP) is 1.40. The van der Waals surface area contributed by atoms with Crippen LogP contribution in [0.1, 0.15) is 6.92 Å². The number of aryl methyl sites for hydroxylation is 1. The Bertz CT molecular complexity index is 500. The summed E-state index contributed by atoms with van der Waals surface area (Å²) in [7, 11) is 0. The molecule has 1 N–H and O–H groups in total. The van der Waals surface area contributed by atoms with Crippen molar-refractivity contribution in [3.63, 3.8) is 0 Å². The molecule has 0 amide bonds. The standard InChI is InChI=1S/C8H8ClN3O/c1-2-12-4-3-5-6(12)7(13)11-8(9)10-5/h3-4H,2H2,1H3,(H,10,11,13). The molecule has 0 aliphatic heterocycles. The Morgan fingerprint density at radius 3 is 3.15 bits per heavy atom. The van der Waals surface area contributed by atoms with Crippen molar-refractivity contribution in [1.82, 2.24) is 14.5 Å². The number of nitrogens with zero attached hydrogens (tertiary/aromatic N) is 2. The molecule has 0 spiro atoms. The van der Waals surface area contributed by atoms with Crippen molar-refractivity contribution in [1.29, 1.82) is 0 Å². The Morgan fingerprint density at radius 2 is 2.46 bits per heavy atom. The van der Waals surface area contributed by atoms with Crippen LogP contribution in [-0.2, 0) is 6.54 Å². The summed E-state index contributed by atoms with van der Waals surface area (Å²) in [6.45, 7) is 2.71. The van der Waals surface area contributed by atoms with E-state index in [0.29, 0.717) is 11.0 Å². The highest BCUT2D eigenvalue weighted by molar-refractivity contribution is 6.28. The summed E-state index contributed by atoms with van der Waals surface area (Å²) in [6.07, 6.45) is 1.82. The first-order valence-corrected chi connectivity index (χ1v) is 4.35. The molecule has 0 saturated heterocycles. The van der Waals surface area contributed by atoms with Gasteiger partial charge in [0.15, 0.2) is 0 Å². The number of H-pyrrole nitrogens is 1. The molecule has 68 valence electrons. The monoisotopic (exact) mass is 197 g/mol. The largest absolute Gasteiger partial charge is 0.342 e. The van der Waals surface area contributed by atoms with Gasteiger partial charge in [-0.1, -0.05) is 0 Å². The van der Waals surface area contributed by atoms with E-state index in [0.717, 1.165) is 6.54 Å². The maximum atomic E-state index is 11.4. The lowest BCUT2D eigenvalue weighted by molar-refractivity contribution is 0.792. The van der Waals surface area contributed by atoms with Crippen molar-refractivity contribution in [2.45, 2.75) is 13.5 Å². The van der Waals surface area contributed by atoms with Crippen LogP contribution in [0.5, 0.6) is 0 Å². The fraction of sp³-hybridized carbons (Fsp3) is 0.250.